The van der Waals surface area contributed by atoms with Crippen molar-refractivity contribution in [2.45, 2.75) is 69.8 Å². The van der Waals surface area contributed by atoms with E-state index in [1.807, 2.05) is 0 Å². The van der Waals surface area contributed by atoms with Crippen LogP contribution in [0.4, 0.5) is 0 Å². The zero-order valence-corrected chi connectivity index (χ0v) is 13.0. The molecule has 0 aliphatic heterocycles. The van der Waals surface area contributed by atoms with Gasteiger partial charge in [-0.1, -0.05) is 37.3 Å². The summed E-state index contributed by atoms with van der Waals surface area (Å²) in [6.45, 7) is 0. The van der Waals surface area contributed by atoms with E-state index in [0.29, 0.717) is 5.15 Å². The van der Waals surface area contributed by atoms with Crippen LogP contribution in [0.1, 0.15) is 68.4 Å². The maximum Gasteiger partial charge on any atom is 0.162 e. The van der Waals surface area contributed by atoms with Gasteiger partial charge < -0.3 is 4.74 Å². The number of nitrogens with zero attached hydrogens (tertiary/aromatic N) is 2. The Morgan fingerprint density at radius 1 is 0.950 bits per heavy atom. The average Bonchev–Trinajstić information content (AvgIpc) is 2.73. The predicted molar refractivity (Wildman–Crippen MR) is 80.1 cm³/mol. The fourth-order valence-electron chi connectivity index (χ4n) is 3.57. The molecule has 1 fully saturated rings. The van der Waals surface area contributed by atoms with Gasteiger partial charge in [-0.25, -0.2) is 9.97 Å². The molecule has 0 N–H and O–H groups in total. The molecule has 1 heterocycles. The van der Waals surface area contributed by atoms with Crippen LogP contribution in [0, 0.1) is 0 Å². The van der Waals surface area contributed by atoms with Gasteiger partial charge >= 0.3 is 0 Å². The Balaban J connectivity index is 2.01. The number of halogens is 1. The van der Waals surface area contributed by atoms with Gasteiger partial charge in [-0.15, -0.1) is 0 Å². The third-order valence-electron chi connectivity index (χ3n) is 4.84. The lowest BCUT2D eigenvalue weighted by Crippen LogP contribution is -2.34. The number of aromatic nitrogens is 2. The van der Waals surface area contributed by atoms with E-state index in [0.717, 1.165) is 31.5 Å². The minimum atomic E-state index is -0.302. The molecule has 3 nitrogen and oxygen atoms in total. The second-order valence-corrected chi connectivity index (χ2v) is 6.44. The quantitative estimate of drug-likeness (QED) is 0.605. The number of rotatable bonds is 2. The van der Waals surface area contributed by atoms with Crippen molar-refractivity contribution in [1.82, 2.24) is 9.97 Å². The molecule has 3 rings (SSSR count). The molecule has 0 unspecified atom stereocenters. The lowest BCUT2D eigenvalue weighted by Gasteiger charge is -2.34. The van der Waals surface area contributed by atoms with Gasteiger partial charge in [0.1, 0.15) is 10.8 Å². The SMILES string of the molecule is COC1(c2nc(Cl)c3c(n2)CCCCC3)CCCCC1. The van der Waals surface area contributed by atoms with Crippen molar-refractivity contribution in [3.63, 3.8) is 0 Å². The molecule has 2 aliphatic rings. The Morgan fingerprint density at radius 2 is 1.65 bits per heavy atom. The first-order valence-corrected chi connectivity index (χ1v) is 8.24. The van der Waals surface area contributed by atoms with Crippen LogP contribution in [0.15, 0.2) is 0 Å². The summed E-state index contributed by atoms with van der Waals surface area (Å²) in [7, 11) is 1.79. The highest BCUT2D eigenvalue weighted by atomic mass is 35.5. The number of aryl methyl sites for hydroxylation is 1. The van der Waals surface area contributed by atoms with Crippen molar-refractivity contribution in [2.24, 2.45) is 0 Å². The van der Waals surface area contributed by atoms with Crippen LogP contribution in [-0.2, 0) is 23.2 Å². The smallest absolute Gasteiger partial charge is 0.162 e. The minimum Gasteiger partial charge on any atom is -0.370 e. The van der Waals surface area contributed by atoms with E-state index in [-0.39, 0.29) is 5.60 Å². The van der Waals surface area contributed by atoms with Crippen molar-refractivity contribution in [3.05, 3.63) is 22.2 Å². The highest BCUT2D eigenvalue weighted by Crippen LogP contribution is 2.39. The Morgan fingerprint density at radius 3 is 2.40 bits per heavy atom. The molecule has 4 heteroatoms. The maximum atomic E-state index is 6.45. The number of hydrogen-bond donors (Lipinski definition) is 0. The number of methoxy groups -OCH3 is 1. The lowest BCUT2D eigenvalue weighted by molar-refractivity contribution is -0.0516. The molecule has 0 radical (unpaired) electrons. The van der Waals surface area contributed by atoms with Gasteiger partial charge in [0.25, 0.3) is 0 Å². The van der Waals surface area contributed by atoms with E-state index in [1.165, 1.54) is 49.8 Å². The largest absolute Gasteiger partial charge is 0.370 e. The zero-order chi connectivity index (χ0) is 14.0. The second kappa shape index (κ2) is 5.98. The zero-order valence-electron chi connectivity index (χ0n) is 12.3. The summed E-state index contributed by atoms with van der Waals surface area (Å²) in [5.74, 6) is 0.824. The van der Waals surface area contributed by atoms with Gasteiger partial charge in [-0.3, -0.25) is 0 Å². The van der Waals surface area contributed by atoms with Gasteiger partial charge in [0, 0.05) is 18.4 Å². The minimum absolute atomic E-state index is 0.302. The van der Waals surface area contributed by atoms with E-state index in [4.69, 9.17) is 21.3 Å². The average molecular weight is 295 g/mol. The van der Waals surface area contributed by atoms with Gasteiger partial charge in [-0.05, 0) is 38.5 Å². The first-order valence-electron chi connectivity index (χ1n) is 7.86. The van der Waals surface area contributed by atoms with E-state index >= 15 is 0 Å². The Labute approximate surface area is 126 Å². The molecule has 20 heavy (non-hydrogen) atoms. The lowest BCUT2D eigenvalue weighted by atomic mass is 9.83. The maximum absolute atomic E-state index is 6.45. The van der Waals surface area contributed by atoms with Crippen LogP contribution in [0.25, 0.3) is 0 Å². The third kappa shape index (κ3) is 2.58. The molecule has 110 valence electrons. The Kier molecular flexibility index (Phi) is 4.27. The van der Waals surface area contributed by atoms with Crippen LogP contribution in [0.2, 0.25) is 5.15 Å². The summed E-state index contributed by atoms with van der Waals surface area (Å²) in [5.41, 5.74) is 2.04. The van der Waals surface area contributed by atoms with Gasteiger partial charge in [0.15, 0.2) is 5.82 Å². The molecule has 1 saturated carbocycles. The highest BCUT2D eigenvalue weighted by Gasteiger charge is 2.37. The predicted octanol–water partition coefficient (Wildman–Crippen LogP) is 4.20. The fourth-order valence-corrected chi connectivity index (χ4v) is 3.85. The summed E-state index contributed by atoms with van der Waals surface area (Å²) >= 11 is 6.45. The van der Waals surface area contributed by atoms with E-state index in [2.05, 4.69) is 4.98 Å². The number of hydrogen-bond acceptors (Lipinski definition) is 3. The molecule has 0 aromatic carbocycles. The van der Waals surface area contributed by atoms with Crippen LogP contribution in [0.3, 0.4) is 0 Å². The van der Waals surface area contributed by atoms with Crippen molar-refractivity contribution in [3.8, 4) is 0 Å². The standard InChI is InChI=1S/C16H23ClN2O/c1-20-16(10-6-3-7-11-16)15-18-13-9-5-2-4-8-12(13)14(17)19-15/h2-11H2,1H3. The van der Waals surface area contributed by atoms with Crippen LogP contribution >= 0.6 is 11.6 Å². The summed E-state index contributed by atoms with van der Waals surface area (Å²) in [6, 6.07) is 0. The summed E-state index contributed by atoms with van der Waals surface area (Å²) < 4.78 is 5.86. The molecule has 0 saturated heterocycles. The Bertz CT molecular complexity index is 484. The molecule has 1 aromatic heterocycles. The molecule has 0 bridgehead atoms. The monoisotopic (exact) mass is 294 g/mol. The molecular weight excluding hydrogens is 272 g/mol. The van der Waals surface area contributed by atoms with E-state index < -0.39 is 0 Å². The topological polar surface area (TPSA) is 35.0 Å². The summed E-state index contributed by atoms with van der Waals surface area (Å²) in [4.78, 5) is 9.50. The van der Waals surface area contributed by atoms with Crippen molar-refractivity contribution in [2.75, 3.05) is 7.11 Å². The molecular formula is C16H23ClN2O. The van der Waals surface area contributed by atoms with Crippen molar-refractivity contribution < 1.29 is 4.74 Å². The van der Waals surface area contributed by atoms with Crippen molar-refractivity contribution in [1.29, 1.82) is 0 Å². The third-order valence-corrected chi connectivity index (χ3v) is 5.15. The van der Waals surface area contributed by atoms with Crippen LogP contribution in [-0.4, -0.2) is 17.1 Å². The van der Waals surface area contributed by atoms with Gasteiger partial charge in [0.2, 0.25) is 0 Å². The normalized spacial score (nSPS) is 22.1. The molecule has 1 aromatic rings. The van der Waals surface area contributed by atoms with Crippen LogP contribution in [0.5, 0.6) is 0 Å². The Hall–Kier alpha value is -0.670. The highest BCUT2D eigenvalue weighted by molar-refractivity contribution is 6.30. The second-order valence-electron chi connectivity index (χ2n) is 6.08. The van der Waals surface area contributed by atoms with Gasteiger partial charge in [-0.2, -0.15) is 0 Å². The number of ether oxygens (including phenoxy) is 1. The summed E-state index contributed by atoms with van der Waals surface area (Å²) in [6.07, 6.45) is 11.4. The molecule has 2 aliphatic carbocycles. The first-order chi connectivity index (χ1) is 9.75. The molecule has 0 amide bonds. The van der Waals surface area contributed by atoms with Crippen molar-refractivity contribution >= 4 is 11.6 Å². The van der Waals surface area contributed by atoms with Gasteiger partial charge in [0.05, 0.1) is 0 Å². The number of fused-ring (bicyclic) bond motifs is 1. The fraction of sp³-hybridized carbons (Fsp3) is 0.750. The first kappa shape index (κ1) is 14.3. The molecule has 0 atom stereocenters. The van der Waals surface area contributed by atoms with Crippen LogP contribution < -0.4 is 0 Å². The van der Waals surface area contributed by atoms with E-state index in [1.54, 1.807) is 7.11 Å². The molecule has 0 spiro atoms. The van der Waals surface area contributed by atoms with E-state index in [9.17, 15) is 0 Å². The summed E-state index contributed by atoms with van der Waals surface area (Å²) in [5, 5.41) is 0.661.